The van der Waals surface area contributed by atoms with Crippen LogP contribution in [-0.2, 0) is 10.1 Å². The van der Waals surface area contributed by atoms with Crippen LogP contribution in [0.1, 0.15) is 5.56 Å². The van der Waals surface area contributed by atoms with E-state index in [1.165, 1.54) is 24.3 Å². The highest BCUT2D eigenvalue weighted by Gasteiger charge is 2.23. The van der Waals surface area contributed by atoms with Crippen molar-refractivity contribution in [3.8, 4) is 0 Å². The molecule has 0 heterocycles. The van der Waals surface area contributed by atoms with E-state index >= 15 is 0 Å². The zero-order valence-corrected chi connectivity index (χ0v) is 15.3. The van der Waals surface area contributed by atoms with Gasteiger partial charge >= 0.3 is 0 Å². The van der Waals surface area contributed by atoms with E-state index in [9.17, 15) is 28.6 Å². The lowest BCUT2D eigenvalue weighted by Crippen LogP contribution is -1.99. The predicted octanol–water partition coefficient (Wildman–Crippen LogP) is 3.48. The minimum atomic E-state index is -4.02. The number of fused-ring (bicyclic) bond motifs is 1. The number of hydrogen-bond acceptors (Lipinski definition) is 7. The van der Waals surface area contributed by atoms with Crippen LogP contribution in [0.3, 0.4) is 0 Å². The van der Waals surface area contributed by atoms with E-state index < -0.39 is 25.7 Å². The van der Waals surface area contributed by atoms with E-state index in [-0.39, 0.29) is 16.3 Å². The van der Waals surface area contributed by atoms with Crippen molar-refractivity contribution >= 4 is 38.0 Å². The van der Waals surface area contributed by atoms with Crippen LogP contribution in [0, 0.1) is 27.2 Å². The van der Waals surface area contributed by atoms with Gasteiger partial charge in [0, 0.05) is 5.39 Å². The first-order valence-electron chi connectivity index (χ1n) is 7.66. The van der Waals surface area contributed by atoms with Crippen molar-refractivity contribution < 1.29 is 22.8 Å². The maximum absolute atomic E-state index is 10.8. The zero-order chi connectivity index (χ0) is 21.1. The monoisotopic (exact) mass is 405 g/mol. The summed E-state index contributed by atoms with van der Waals surface area (Å²) in [5.41, 5.74) is 5.75. The first kappa shape index (κ1) is 20.7. The van der Waals surface area contributed by atoms with Gasteiger partial charge < -0.3 is 5.73 Å². The molecule has 0 atom stereocenters. The molecule has 0 aliphatic carbocycles. The van der Waals surface area contributed by atoms with E-state index in [2.05, 4.69) is 0 Å². The van der Waals surface area contributed by atoms with Crippen LogP contribution < -0.4 is 5.73 Å². The Hall–Kier alpha value is -3.57. The number of rotatable bonds is 3. The minimum absolute atomic E-state index is 0.0591. The molecule has 146 valence electrons. The number of hydrogen-bond donors (Lipinski definition) is 2. The summed E-state index contributed by atoms with van der Waals surface area (Å²) in [4.78, 5) is 20.1. The molecule has 0 spiro atoms. The van der Waals surface area contributed by atoms with Gasteiger partial charge in [0.25, 0.3) is 21.5 Å². The topological polar surface area (TPSA) is 167 Å². The fourth-order valence-corrected chi connectivity index (χ4v) is 2.86. The SMILES string of the molecule is Cc1ccc(S(=O)(=O)O)cc1.Nc1c([N+](=O)[O-])cc([N+](=O)[O-])c2ccccc12. The summed E-state index contributed by atoms with van der Waals surface area (Å²) in [6.45, 7) is 1.84. The highest BCUT2D eigenvalue weighted by molar-refractivity contribution is 7.85. The van der Waals surface area contributed by atoms with Crippen molar-refractivity contribution in [3.05, 3.63) is 80.4 Å². The molecular weight excluding hydrogens is 390 g/mol. The number of aryl methyl sites for hydroxylation is 1. The minimum Gasteiger partial charge on any atom is -0.393 e. The molecule has 0 amide bonds. The summed E-state index contributed by atoms with van der Waals surface area (Å²) < 4.78 is 29.6. The maximum atomic E-state index is 10.8. The number of nitrogen functional groups attached to an aromatic ring is 1. The van der Waals surface area contributed by atoms with E-state index in [1.54, 1.807) is 24.3 Å². The van der Waals surface area contributed by atoms with Gasteiger partial charge in [0.15, 0.2) is 0 Å². The van der Waals surface area contributed by atoms with Crippen LogP contribution in [0.25, 0.3) is 10.8 Å². The Labute approximate surface area is 159 Å². The van der Waals surface area contributed by atoms with E-state index in [1.807, 2.05) is 6.92 Å². The zero-order valence-electron chi connectivity index (χ0n) is 14.5. The molecule has 11 heteroatoms. The van der Waals surface area contributed by atoms with Crippen molar-refractivity contribution in [1.29, 1.82) is 0 Å². The predicted molar refractivity (Wildman–Crippen MR) is 103 cm³/mol. The second-order valence-corrected chi connectivity index (χ2v) is 7.10. The molecule has 28 heavy (non-hydrogen) atoms. The highest BCUT2D eigenvalue weighted by Crippen LogP contribution is 2.36. The van der Waals surface area contributed by atoms with E-state index in [0.29, 0.717) is 10.8 Å². The molecule has 3 aromatic carbocycles. The molecule has 0 radical (unpaired) electrons. The van der Waals surface area contributed by atoms with Crippen molar-refractivity contribution in [3.63, 3.8) is 0 Å². The van der Waals surface area contributed by atoms with Crippen LogP contribution in [0.5, 0.6) is 0 Å². The molecule has 0 aliphatic rings. The largest absolute Gasteiger partial charge is 0.393 e. The Morgan fingerprint density at radius 2 is 1.39 bits per heavy atom. The molecule has 0 unspecified atom stereocenters. The number of nitro benzene ring substituents is 2. The van der Waals surface area contributed by atoms with Gasteiger partial charge in [0.05, 0.1) is 26.2 Å². The van der Waals surface area contributed by atoms with Crippen molar-refractivity contribution in [2.24, 2.45) is 0 Å². The number of nitrogens with two attached hydrogens (primary N) is 1. The van der Waals surface area contributed by atoms with Gasteiger partial charge in [-0.3, -0.25) is 24.8 Å². The van der Waals surface area contributed by atoms with Gasteiger partial charge in [-0.15, -0.1) is 0 Å². The lowest BCUT2D eigenvalue weighted by Gasteiger charge is -2.03. The first-order valence-corrected chi connectivity index (χ1v) is 9.10. The van der Waals surface area contributed by atoms with E-state index in [0.717, 1.165) is 11.6 Å². The fraction of sp³-hybridized carbons (Fsp3) is 0.0588. The van der Waals surface area contributed by atoms with Gasteiger partial charge in [-0.1, -0.05) is 35.9 Å². The molecule has 0 saturated heterocycles. The van der Waals surface area contributed by atoms with Crippen LogP contribution >= 0.6 is 0 Å². The average Bonchev–Trinajstić information content (AvgIpc) is 2.62. The van der Waals surface area contributed by atoms with Crippen LogP contribution in [0.15, 0.2) is 59.5 Å². The summed E-state index contributed by atoms with van der Waals surface area (Å²) in [7, 11) is -4.02. The van der Waals surface area contributed by atoms with Crippen molar-refractivity contribution in [2.45, 2.75) is 11.8 Å². The molecule has 0 saturated carbocycles. The fourth-order valence-electron chi connectivity index (χ4n) is 2.38. The third-order valence-electron chi connectivity index (χ3n) is 3.75. The number of nitrogens with zero attached hydrogens (tertiary/aromatic N) is 2. The second-order valence-electron chi connectivity index (χ2n) is 5.68. The Morgan fingerprint density at radius 3 is 1.86 bits per heavy atom. The van der Waals surface area contributed by atoms with Gasteiger partial charge in [-0.05, 0) is 25.1 Å². The molecule has 0 aromatic heterocycles. The molecule has 3 rings (SSSR count). The molecule has 3 aromatic rings. The number of anilines is 1. The highest BCUT2D eigenvalue weighted by atomic mass is 32.2. The van der Waals surface area contributed by atoms with Gasteiger partial charge in [-0.2, -0.15) is 8.42 Å². The molecule has 0 fully saturated rings. The number of nitro groups is 2. The quantitative estimate of drug-likeness (QED) is 0.289. The number of benzene rings is 3. The Kier molecular flexibility index (Phi) is 5.91. The molecule has 3 N–H and O–H groups in total. The smallest absolute Gasteiger partial charge is 0.299 e. The van der Waals surface area contributed by atoms with E-state index in [4.69, 9.17) is 10.3 Å². The molecule has 0 aliphatic heterocycles. The maximum Gasteiger partial charge on any atom is 0.299 e. The second kappa shape index (κ2) is 7.98. The summed E-state index contributed by atoms with van der Waals surface area (Å²) in [6.07, 6.45) is 0. The third-order valence-corrected chi connectivity index (χ3v) is 4.62. The molecule has 10 nitrogen and oxygen atoms in total. The normalized spacial score (nSPS) is 10.8. The van der Waals surface area contributed by atoms with Gasteiger partial charge in [-0.25, -0.2) is 0 Å². The Bertz CT molecular complexity index is 1160. The average molecular weight is 405 g/mol. The van der Waals surface area contributed by atoms with Crippen molar-refractivity contribution in [2.75, 3.05) is 5.73 Å². The Balaban J connectivity index is 0.000000221. The lowest BCUT2D eigenvalue weighted by atomic mass is 10.1. The molecular formula is C17H15N3O7S. The summed E-state index contributed by atoms with van der Waals surface area (Å²) >= 11 is 0. The van der Waals surface area contributed by atoms with Crippen molar-refractivity contribution in [1.82, 2.24) is 0 Å². The number of non-ortho nitro benzene ring substituents is 1. The molecule has 0 bridgehead atoms. The van der Waals surface area contributed by atoms with Gasteiger partial charge in [0.1, 0.15) is 5.69 Å². The standard InChI is InChI=1S/C10H7N3O4.C7H8O3S/c11-10-7-4-2-1-3-6(7)8(12(14)15)5-9(10)13(16)17;1-6-2-4-7(5-3-6)11(8,9)10/h1-5H,11H2;2-5H,1H3,(H,8,9,10). The summed E-state index contributed by atoms with van der Waals surface area (Å²) in [5.74, 6) is 0. The lowest BCUT2D eigenvalue weighted by molar-refractivity contribution is -0.392. The summed E-state index contributed by atoms with van der Waals surface area (Å²) in [6, 6.07) is 13.1. The third kappa shape index (κ3) is 4.58. The van der Waals surface area contributed by atoms with Crippen LogP contribution in [-0.4, -0.2) is 22.8 Å². The first-order chi connectivity index (χ1) is 13.0. The Morgan fingerprint density at radius 1 is 0.893 bits per heavy atom. The van der Waals surface area contributed by atoms with Crippen LogP contribution in [0.2, 0.25) is 0 Å². The van der Waals surface area contributed by atoms with Crippen LogP contribution in [0.4, 0.5) is 17.1 Å². The summed E-state index contributed by atoms with van der Waals surface area (Å²) in [5, 5.41) is 22.2. The van der Waals surface area contributed by atoms with Gasteiger partial charge in [0.2, 0.25) is 0 Å².